The van der Waals surface area contributed by atoms with Crippen LogP contribution in [0.2, 0.25) is 0 Å². The molecule has 7 heteroatoms. The van der Waals surface area contributed by atoms with E-state index in [2.05, 4.69) is 0 Å². The number of aliphatic hydroxyl groups excluding tert-OH is 1. The number of carbonyl (C=O) groups is 2. The number of alkyl halides is 1. The lowest BCUT2D eigenvalue weighted by atomic mass is 9.42. The molecule has 3 saturated carbocycles. The number of aliphatic carboxylic acids is 1. The van der Waals surface area contributed by atoms with Gasteiger partial charge >= 0.3 is 5.97 Å². The third-order valence-electron chi connectivity index (χ3n) is 9.88. The van der Waals surface area contributed by atoms with Crippen molar-refractivity contribution in [1.29, 1.82) is 0 Å². The van der Waals surface area contributed by atoms with Gasteiger partial charge in [-0.15, -0.1) is 0 Å². The van der Waals surface area contributed by atoms with Crippen LogP contribution in [-0.4, -0.2) is 49.7 Å². The van der Waals surface area contributed by atoms with Crippen LogP contribution in [0.4, 0.5) is 4.39 Å². The molecule has 174 valence electrons. The number of hydrogen-bond donors (Lipinski definition) is 4. The second-order valence-corrected chi connectivity index (χ2v) is 10.9. The molecule has 0 aromatic carbocycles. The molecular formula is C24H35FO6. The van der Waals surface area contributed by atoms with Crippen molar-refractivity contribution >= 4 is 11.8 Å². The van der Waals surface area contributed by atoms with Crippen LogP contribution < -0.4 is 0 Å². The molecule has 4 aliphatic rings. The van der Waals surface area contributed by atoms with Gasteiger partial charge in [-0.1, -0.05) is 32.8 Å². The summed E-state index contributed by atoms with van der Waals surface area (Å²) in [7, 11) is 0. The van der Waals surface area contributed by atoms with Gasteiger partial charge < -0.3 is 20.4 Å². The number of halogens is 1. The number of hydrogen-bond acceptors (Lipinski definition) is 5. The smallest absolute Gasteiger partial charge is 0.315 e. The van der Waals surface area contributed by atoms with Crippen molar-refractivity contribution in [3.63, 3.8) is 0 Å². The second-order valence-electron chi connectivity index (χ2n) is 10.9. The highest BCUT2D eigenvalue weighted by Crippen LogP contribution is 2.74. The molecule has 7 atom stereocenters. The molecule has 4 N–H and O–H groups in total. The van der Waals surface area contributed by atoms with E-state index < -0.39 is 51.6 Å². The predicted molar refractivity (Wildman–Crippen MR) is 111 cm³/mol. The van der Waals surface area contributed by atoms with Crippen LogP contribution in [0.1, 0.15) is 78.6 Å². The molecule has 0 aliphatic heterocycles. The number of carbonyl (C=O) groups excluding carboxylic acids is 1. The summed E-state index contributed by atoms with van der Waals surface area (Å²) in [5.41, 5.74) is -5.24. The molecule has 6 nitrogen and oxygen atoms in total. The van der Waals surface area contributed by atoms with Gasteiger partial charge in [0.25, 0.3) is 0 Å². The lowest BCUT2D eigenvalue weighted by Crippen LogP contribution is -2.70. The SMILES string of the molecule is CCCC(O)(O)C1(C(=O)O)CC[C@H]2[C@@H]3CCC4=CC(=O)CC[C@]4(C)[C@]3(F)C(O)C[C@@]21C. The van der Waals surface area contributed by atoms with E-state index in [1.807, 2.05) is 0 Å². The summed E-state index contributed by atoms with van der Waals surface area (Å²) in [5.74, 6) is -4.76. The maximum absolute atomic E-state index is 17.1. The summed E-state index contributed by atoms with van der Waals surface area (Å²) in [4.78, 5) is 24.6. The molecule has 3 fully saturated rings. The van der Waals surface area contributed by atoms with E-state index in [1.54, 1.807) is 26.8 Å². The first kappa shape index (κ1) is 22.9. The van der Waals surface area contributed by atoms with Crippen LogP contribution in [0, 0.1) is 28.1 Å². The zero-order valence-electron chi connectivity index (χ0n) is 18.7. The fourth-order valence-electron chi connectivity index (χ4n) is 8.34. The minimum absolute atomic E-state index is 0.0136. The molecular weight excluding hydrogens is 403 g/mol. The Labute approximate surface area is 182 Å². The molecule has 0 spiro atoms. The van der Waals surface area contributed by atoms with Gasteiger partial charge in [-0.25, -0.2) is 4.39 Å². The monoisotopic (exact) mass is 438 g/mol. The van der Waals surface area contributed by atoms with Crippen LogP contribution in [0.25, 0.3) is 0 Å². The van der Waals surface area contributed by atoms with Crippen LogP contribution >= 0.6 is 0 Å². The van der Waals surface area contributed by atoms with E-state index in [1.165, 1.54) is 0 Å². The number of ketones is 1. The summed E-state index contributed by atoms with van der Waals surface area (Å²) in [6.45, 7) is 5.26. The molecule has 0 heterocycles. The summed E-state index contributed by atoms with van der Waals surface area (Å²) in [5, 5.41) is 43.6. The van der Waals surface area contributed by atoms with Crippen LogP contribution in [0.3, 0.4) is 0 Å². The summed E-state index contributed by atoms with van der Waals surface area (Å²) in [6.07, 6.45) is 2.15. The molecule has 0 aromatic rings. The first-order valence-electron chi connectivity index (χ1n) is 11.6. The Morgan fingerprint density at radius 2 is 1.87 bits per heavy atom. The van der Waals surface area contributed by atoms with E-state index in [4.69, 9.17) is 0 Å². The standard InChI is InChI=1S/C24H35FO6/c1-4-9-23(30,31)22(19(28)29)11-8-16-17-6-5-14-12-15(26)7-10-20(14,2)24(17,25)18(27)13-21(16,22)3/h12,16-18,27,30-31H,4-11,13H2,1-3H3,(H,28,29)/t16-,17-,18?,20-,21-,22?,24+/m0/s1. The Bertz CT molecular complexity index is 838. The Kier molecular flexibility index (Phi) is 5.05. The third-order valence-corrected chi connectivity index (χ3v) is 9.88. The average Bonchev–Trinajstić information content (AvgIpc) is 2.98. The Morgan fingerprint density at radius 3 is 2.48 bits per heavy atom. The zero-order chi connectivity index (χ0) is 23.0. The Hall–Kier alpha value is -1.31. The lowest BCUT2D eigenvalue weighted by molar-refractivity contribution is -0.296. The van der Waals surface area contributed by atoms with Gasteiger partial charge in [0.15, 0.2) is 11.6 Å². The highest BCUT2D eigenvalue weighted by atomic mass is 19.1. The van der Waals surface area contributed by atoms with Gasteiger partial charge in [-0.2, -0.15) is 0 Å². The maximum Gasteiger partial charge on any atom is 0.315 e. The lowest BCUT2D eigenvalue weighted by Gasteiger charge is -2.64. The molecule has 2 unspecified atom stereocenters. The number of aliphatic hydroxyl groups is 3. The van der Waals surface area contributed by atoms with Crippen LogP contribution in [0.5, 0.6) is 0 Å². The van der Waals surface area contributed by atoms with E-state index in [9.17, 15) is 30.0 Å². The van der Waals surface area contributed by atoms with Crippen molar-refractivity contribution in [2.24, 2.45) is 28.1 Å². The number of carboxylic acid groups (broad SMARTS) is 1. The first-order chi connectivity index (χ1) is 14.3. The first-order valence-corrected chi connectivity index (χ1v) is 11.6. The molecule has 4 aliphatic carbocycles. The van der Waals surface area contributed by atoms with E-state index >= 15 is 4.39 Å². The summed E-state index contributed by atoms with van der Waals surface area (Å²) < 4.78 is 17.1. The van der Waals surface area contributed by atoms with Crippen molar-refractivity contribution in [2.75, 3.05) is 0 Å². The summed E-state index contributed by atoms with van der Waals surface area (Å²) >= 11 is 0. The minimum atomic E-state index is -2.45. The molecule has 0 bridgehead atoms. The number of allylic oxidation sites excluding steroid dienone is 1. The van der Waals surface area contributed by atoms with Crippen molar-refractivity contribution in [3.05, 3.63) is 11.6 Å². The van der Waals surface area contributed by atoms with Crippen molar-refractivity contribution in [1.82, 2.24) is 0 Å². The Morgan fingerprint density at radius 1 is 1.19 bits per heavy atom. The molecule has 0 saturated heterocycles. The second kappa shape index (κ2) is 6.84. The Balaban J connectivity index is 1.83. The molecule has 0 amide bonds. The van der Waals surface area contributed by atoms with Gasteiger partial charge in [-0.3, -0.25) is 9.59 Å². The minimum Gasteiger partial charge on any atom is -0.481 e. The predicted octanol–water partition coefficient (Wildman–Crippen LogP) is 3.13. The topological polar surface area (TPSA) is 115 Å². The quantitative estimate of drug-likeness (QED) is 0.501. The van der Waals surface area contributed by atoms with E-state index in [-0.39, 0.29) is 31.5 Å². The number of fused-ring (bicyclic) bond motifs is 5. The average molecular weight is 439 g/mol. The normalized spacial score (nSPS) is 47.3. The van der Waals surface area contributed by atoms with Gasteiger partial charge in [-0.05, 0) is 55.9 Å². The van der Waals surface area contributed by atoms with E-state index in [0.717, 1.165) is 5.57 Å². The fraction of sp³-hybridized carbons (Fsp3) is 0.833. The van der Waals surface area contributed by atoms with E-state index in [0.29, 0.717) is 32.1 Å². The van der Waals surface area contributed by atoms with Gasteiger partial charge in [0.05, 0.1) is 6.10 Å². The molecule has 31 heavy (non-hydrogen) atoms. The van der Waals surface area contributed by atoms with Gasteiger partial charge in [0.1, 0.15) is 11.1 Å². The fourth-order valence-corrected chi connectivity index (χ4v) is 8.34. The largest absolute Gasteiger partial charge is 0.481 e. The van der Waals surface area contributed by atoms with Crippen LogP contribution in [-0.2, 0) is 9.59 Å². The van der Waals surface area contributed by atoms with Crippen molar-refractivity contribution in [2.45, 2.75) is 96.1 Å². The maximum atomic E-state index is 17.1. The highest BCUT2D eigenvalue weighted by Gasteiger charge is 2.78. The molecule has 0 aromatic heterocycles. The van der Waals surface area contributed by atoms with Crippen molar-refractivity contribution < 1.29 is 34.4 Å². The number of carboxylic acids is 1. The van der Waals surface area contributed by atoms with Crippen molar-refractivity contribution in [3.8, 4) is 0 Å². The zero-order valence-corrected chi connectivity index (χ0v) is 18.7. The molecule has 4 rings (SSSR count). The van der Waals surface area contributed by atoms with Gasteiger partial charge in [0.2, 0.25) is 0 Å². The number of rotatable bonds is 4. The van der Waals surface area contributed by atoms with Crippen LogP contribution in [0.15, 0.2) is 11.6 Å². The third kappa shape index (κ3) is 2.54. The highest BCUT2D eigenvalue weighted by molar-refractivity contribution is 5.91. The summed E-state index contributed by atoms with van der Waals surface area (Å²) in [6, 6.07) is 0. The molecule has 0 radical (unpaired) electrons. The van der Waals surface area contributed by atoms with Gasteiger partial charge in [0, 0.05) is 24.2 Å².